The number of sulfonamides is 1. The quantitative estimate of drug-likeness (QED) is 0.462. The Morgan fingerprint density at radius 3 is 2.14 bits per heavy atom. The molecule has 0 bridgehead atoms. The van der Waals surface area contributed by atoms with Gasteiger partial charge in [-0.2, -0.15) is 0 Å². The van der Waals surface area contributed by atoms with Crippen LogP contribution in [0.15, 0.2) is 66.9 Å². The van der Waals surface area contributed by atoms with E-state index >= 15 is 0 Å². The third-order valence-corrected chi connectivity index (χ3v) is 5.53. The monoisotopic (exact) mass is 416 g/mol. The third kappa shape index (κ3) is 4.59. The zero-order valence-electron chi connectivity index (χ0n) is 15.4. The number of hydrogen-bond donors (Lipinski definition) is 2. The summed E-state index contributed by atoms with van der Waals surface area (Å²) in [4.78, 5) is 2.79. The van der Waals surface area contributed by atoms with E-state index in [4.69, 9.17) is 17.0 Å². The van der Waals surface area contributed by atoms with E-state index in [1.165, 1.54) is 0 Å². The van der Waals surface area contributed by atoms with Crippen LogP contribution in [0.5, 0.6) is 11.5 Å². The van der Waals surface area contributed by atoms with Gasteiger partial charge in [-0.3, -0.25) is 0 Å². The van der Waals surface area contributed by atoms with Crippen LogP contribution in [-0.2, 0) is 10.0 Å². The van der Waals surface area contributed by atoms with Crippen LogP contribution in [0.3, 0.4) is 0 Å². The van der Waals surface area contributed by atoms with Crippen molar-refractivity contribution in [2.45, 2.75) is 13.2 Å². The van der Waals surface area contributed by atoms with Gasteiger partial charge >= 0.3 is 0 Å². The molecule has 6 nitrogen and oxygen atoms in total. The maximum absolute atomic E-state index is 12.4. The van der Waals surface area contributed by atoms with Gasteiger partial charge in [0.1, 0.15) is 16.1 Å². The molecule has 0 aliphatic rings. The second-order valence-corrected chi connectivity index (χ2v) is 8.56. The summed E-state index contributed by atoms with van der Waals surface area (Å²) in [7, 11) is -3.78. The molecule has 2 aromatic carbocycles. The van der Waals surface area contributed by atoms with Gasteiger partial charge in [0.2, 0.25) is 10.0 Å². The van der Waals surface area contributed by atoms with Gasteiger partial charge in [-0.1, -0.05) is 36.0 Å². The Labute approximate surface area is 169 Å². The van der Waals surface area contributed by atoms with Gasteiger partial charge in [0, 0.05) is 11.8 Å². The molecule has 0 spiro atoms. The van der Waals surface area contributed by atoms with Crippen LogP contribution in [0.1, 0.15) is 17.4 Å². The fourth-order valence-electron chi connectivity index (χ4n) is 2.68. The first-order valence-corrected chi connectivity index (χ1v) is 10.7. The van der Waals surface area contributed by atoms with E-state index in [1.807, 2.05) is 31.2 Å². The molecule has 1 unspecified atom stereocenters. The molecule has 3 rings (SSSR count). The second-order valence-electron chi connectivity index (χ2n) is 6.30. The number of aromatic amines is 1. The molecule has 3 aromatic rings. The molecule has 28 heavy (non-hydrogen) atoms. The molecule has 1 heterocycles. The van der Waals surface area contributed by atoms with Crippen molar-refractivity contribution < 1.29 is 18.3 Å². The summed E-state index contributed by atoms with van der Waals surface area (Å²) >= 11 is 5.17. The van der Waals surface area contributed by atoms with Crippen molar-refractivity contribution in [2.75, 3.05) is 10.6 Å². The number of ether oxygens (including phenoxy) is 1. The number of pyridine rings is 1. The Bertz CT molecular complexity index is 1110. The van der Waals surface area contributed by atoms with Crippen LogP contribution in [0.2, 0.25) is 0 Å². The van der Waals surface area contributed by atoms with Gasteiger partial charge in [0.15, 0.2) is 6.23 Å². The summed E-state index contributed by atoms with van der Waals surface area (Å²) in [6, 6.07) is 17.2. The van der Waals surface area contributed by atoms with Crippen LogP contribution < -0.4 is 9.04 Å². The highest BCUT2D eigenvalue weighted by molar-refractivity contribution is 7.92. The van der Waals surface area contributed by atoms with Crippen molar-refractivity contribution in [1.82, 2.24) is 4.98 Å². The van der Waals surface area contributed by atoms with Gasteiger partial charge in [0.25, 0.3) is 0 Å². The predicted octanol–water partition coefficient (Wildman–Crippen LogP) is 4.30. The first-order chi connectivity index (χ1) is 13.3. The van der Waals surface area contributed by atoms with E-state index in [-0.39, 0.29) is 4.64 Å². The predicted molar refractivity (Wildman–Crippen MR) is 112 cm³/mol. The van der Waals surface area contributed by atoms with Gasteiger partial charge in [-0.15, -0.1) is 0 Å². The number of nitrogens with zero attached hydrogens (tertiary/aromatic N) is 1. The summed E-state index contributed by atoms with van der Waals surface area (Å²) < 4.78 is 31.7. The van der Waals surface area contributed by atoms with Crippen molar-refractivity contribution >= 4 is 27.9 Å². The first kappa shape index (κ1) is 20.1. The van der Waals surface area contributed by atoms with Crippen LogP contribution in [0, 0.1) is 11.6 Å². The van der Waals surface area contributed by atoms with E-state index in [0.717, 1.165) is 16.1 Å². The van der Waals surface area contributed by atoms with Crippen molar-refractivity contribution in [3.63, 3.8) is 0 Å². The summed E-state index contributed by atoms with van der Waals surface area (Å²) in [6.45, 7) is 1.99. The number of hydrogen-bond acceptors (Lipinski definition) is 5. The fourth-order valence-corrected chi connectivity index (χ4v) is 3.90. The summed E-state index contributed by atoms with van der Waals surface area (Å²) in [5, 5.41) is 10.7. The molecule has 1 aromatic heterocycles. The van der Waals surface area contributed by atoms with Gasteiger partial charge in [-0.25, -0.2) is 12.7 Å². The van der Waals surface area contributed by atoms with Crippen molar-refractivity contribution in [3.8, 4) is 11.5 Å². The number of rotatable bonds is 6. The number of H-pyrrole nitrogens is 1. The Hall–Kier alpha value is -2.68. The zero-order valence-corrected chi connectivity index (χ0v) is 17.0. The van der Waals surface area contributed by atoms with Crippen molar-refractivity contribution in [3.05, 3.63) is 82.6 Å². The molecule has 1 atom stereocenters. The van der Waals surface area contributed by atoms with Gasteiger partial charge < -0.3 is 14.8 Å². The Morgan fingerprint density at radius 1 is 1.04 bits per heavy atom. The normalized spacial score (nSPS) is 12.4. The van der Waals surface area contributed by atoms with Gasteiger partial charge in [-0.05, 0) is 49.4 Å². The molecule has 8 heteroatoms. The van der Waals surface area contributed by atoms with E-state index < -0.39 is 16.3 Å². The van der Waals surface area contributed by atoms with E-state index in [1.54, 1.807) is 42.6 Å². The molecular formula is C20H20N2O4S2. The summed E-state index contributed by atoms with van der Waals surface area (Å²) in [6.07, 6.45) is 1.19. The smallest absolute Gasteiger partial charge is 0.234 e. The number of aromatic nitrogens is 1. The molecule has 0 fully saturated rings. The molecule has 2 N–H and O–H groups in total. The lowest BCUT2D eigenvalue weighted by molar-refractivity contribution is 0.189. The first-order valence-electron chi connectivity index (χ1n) is 8.45. The molecule has 0 aliphatic carbocycles. The minimum absolute atomic E-state index is 0.267. The topological polar surface area (TPSA) is 82.6 Å². The molecule has 0 radical (unpaired) electrons. The summed E-state index contributed by atoms with van der Waals surface area (Å²) in [5.41, 5.74) is 1.71. The molecule has 0 saturated heterocycles. The lowest BCUT2D eigenvalue weighted by atomic mass is 10.2. The molecule has 0 aliphatic heterocycles. The van der Waals surface area contributed by atoms with E-state index in [2.05, 4.69) is 4.98 Å². The highest BCUT2D eigenvalue weighted by atomic mass is 32.2. The minimum atomic E-state index is -3.78. The number of aryl methyl sites for hydroxylation is 1. The molecule has 0 saturated carbocycles. The second kappa shape index (κ2) is 8.14. The number of benzene rings is 2. The lowest BCUT2D eigenvalue weighted by Crippen LogP contribution is -2.34. The largest absolute Gasteiger partial charge is 0.457 e. The third-order valence-electron chi connectivity index (χ3n) is 4.05. The summed E-state index contributed by atoms with van der Waals surface area (Å²) in [5.74, 6) is 1.22. The maximum atomic E-state index is 12.4. The van der Waals surface area contributed by atoms with Crippen LogP contribution in [0.4, 0.5) is 5.69 Å². The van der Waals surface area contributed by atoms with E-state index in [9.17, 15) is 13.5 Å². The zero-order chi connectivity index (χ0) is 20.3. The molecule has 146 valence electrons. The highest BCUT2D eigenvalue weighted by Gasteiger charge is 2.27. The Balaban J connectivity index is 1.90. The van der Waals surface area contributed by atoms with Gasteiger partial charge in [0.05, 0.1) is 11.9 Å². The molecular weight excluding hydrogens is 396 g/mol. The highest BCUT2D eigenvalue weighted by Crippen LogP contribution is 2.31. The number of anilines is 1. The van der Waals surface area contributed by atoms with E-state index in [0.29, 0.717) is 22.7 Å². The fraction of sp³-hybridized carbons (Fsp3) is 0.150. The lowest BCUT2D eigenvalue weighted by Gasteiger charge is -2.28. The maximum Gasteiger partial charge on any atom is 0.234 e. The van der Waals surface area contributed by atoms with Crippen LogP contribution in [0.25, 0.3) is 0 Å². The van der Waals surface area contributed by atoms with Crippen LogP contribution >= 0.6 is 12.2 Å². The van der Waals surface area contributed by atoms with Crippen molar-refractivity contribution in [1.29, 1.82) is 0 Å². The van der Waals surface area contributed by atoms with Crippen LogP contribution in [-0.4, -0.2) is 24.8 Å². The average Bonchev–Trinajstić information content (AvgIpc) is 2.64. The number of aliphatic hydroxyl groups is 1. The Kier molecular flexibility index (Phi) is 5.83. The Morgan fingerprint density at radius 2 is 1.61 bits per heavy atom. The standard InChI is InChI=1S/C20H20N2O4S2/c1-14-5-9-16(10-6-14)26-17-11-7-15(8-12-17)22(28(2,24)25)20(23)18-4-3-13-21-19(18)27/h3-13,20,23H,1-2H3,(H,21,27). The van der Waals surface area contributed by atoms with Crippen molar-refractivity contribution in [2.24, 2.45) is 0 Å². The molecule has 0 amide bonds. The number of nitrogens with one attached hydrogen (secondary N) is 1. The number of aliphatic hydroxyl groups excluding tert-OH is 1. The minimum Gasteiger partial charge on any atom is -0.457 e. The SMILES string of the molecule is Cc1ccc(Oc2ccc(N(C(O)c3ccc[nH]c3=S)S(C)(=O)=O)cc2)cc1. The average molecular weight is 417 g/mol.